The Morgan fingerprint density at radius 3 is 2.31 bits per heavy atom. The first kappa shape index (κ1) is 51.9. The SMILES string of the molecule is COCCOCCCNC(=O)C(CC(=O)N/N=C(/CO)[C@]1(O)Cc2c(O)c3c(c(O)c2[C@@H](O[C@H]2C[C@@H](N)[C@H](O)C(C)O2)C1)C(=O)c1c(OC)cccc1C3=O)NC(=O)C(CC(=O)O)NC(C)=O. The van der Waals surface area contributed by atoms with Crippen LogP contribution < -0.4 is 31.8 Å². The number of aliphatic carboxylic acids is 1. The van der Waals surface area contributed by atoms with Gasteiger partial charge in [0.1, 0.15) is 34.9 Å². The average molecular weight is 945 g/mol. The maximum absolute atomic E-state index is 14.1. The number of nitrogens with one attached hydrogen (secondary N) is 4. The van der Waals surface area contributed by atoms with E-state index in [9.17, 15) is 64.2 Å². The van der Waals surface area contributed by atoms with E-state index in [4.69, 9.17) is 29.4 Å². The van der Waals surface area contributed by atoms with Crippen molar-refractivity contribution in [2.45, 2.75) is 101 Å². The second-order valence-electron chi connectivity index (χ2n) is 16.2. The molecule has 24 nitrogen and oxygen atoms in total. The molecule has 1 heterocycles. The third-order valence-corrected chi connectivity index (χ3v) is 11.4. The Morgan fingerprint density at radius 2 is 1.67 bits per heavy atom. The molecular weight excluding hydrogens is 888 g/mol. The van der Waals surface area contributed by atoms with Crippen LogP contribution in [0.1, 0.15) is 95.0 Å². The predicted octanol–water partition coefficient (Wildman–Crippen LogP) is -2.07. The molecule has 8 atom stereocenters. The number of carboxylic acid groups (broad SMARTS) is 1. The Balaban J connectivity index is 1.47. The highest BCUT2D eigenvalue weighted by atomic mass is 16.7. The van der Waals surface area contributed by atoms with Crippen LogP contribution in [0, 0.1) is 0 Å². The van der Waals surface area contributed by atoms with Crippen LogP contribution in [0.25, 0.3) is 0 Å². The summed E-state index contributed by atoms with van der Waals surface area (Å²) >= 11 is 0. The van der Waals surface area contributed by atoms with Gasteiger partial charge in [-0.1, -0.05) is 12.1 Å². The van der Waals surface area contributed by atoms with E-state index >= 15 is 0 Å². The summed E-state index contributed by atoms with van der Waals surface area (Å²) in [6, 6.07) is 0.0139. The van der Waals surface area contributed by atoms with Crippen molar-refractivity contribution < 1.29 is 87.9 Å². The number of hydrogen-bond donors (Lipinski definition) is 11. The number of hydrazone groups is 1. The lowest BCUT2D eigenvalue weighted by Gasteiger charge is -2.43. The van der Waals surface area contributed by atoms with Crippen molar-refractivity contribution in [1.29, 1.82) is 0 Å². The highest BCUT2D eigenvalue weighted by Crippen LogP contribution is 2.52. The number of phenols is 2. The van der Waals surface area contributed by atoms with E-state index in [1.165, 1.54) is 39.3 Å². The minimum Gasteiger partial charge on any atom is -0.507 e. The van der Waals surface area contributed by atoms with Gasteiger partial charge in [0.2, 0.25) is 29.4 Å². The molecule has 0 bridgehead atoms. The molecule has 3 unspecified atom stereocenters. The number of carboxylic acids is 1. The van der Waals surface area contributed by atoms with Crippen LogP contribution in [0.4, 0.5) is 0 Å². The third-order valence-electron chi connectivity index (χ3n) is 11.4. The molecule has 24 heteroatoms. The van der Waals surface area contributed by atoms with Gasteiger partial charge in [0.15, 0.2) is 12.1 Å². The first-order chi connectivity index (χ1) is 31.8. The zero-order chi connectivity index (χ0) is 49.3. The van der Waals surface area contributed by atoms with Crippen LogP contribution >= 0.6 is 0 Å². The van der Waals surface area contributed by atoms with E-state index in [1.54, 1.807) is 0 Å². The largest absolute Gasteiger partial charge is 0.507 e. The number of aliphatic hydroxyl groups is 3. The lowest BCUT2D eigenvalue weighted by molar-refractivity contribution is -0.245. The van der Waals surface area contributed by atoms with Gasteiger partial charge in [-0.3, -0.25) is 33.6 Å². The summed E-state index contributed by atoms with van der Waals surface area (Å²) < 4.78 is 27.7. The van der Waals surface area contributed by atoms with Gasteiger partial charge in [0.25, 0.3) is 0 Å². The van der Waals surface area contributed by atoms with Gasteiger partial charge in [0, 0.05) is 69.2 Å². The van der Waals surface area contributed by atoms with Gasteiger partial charge in [0.05, 0.1) is 80.5 Å². The number of aliphatic hydroxyl groups excluding tert-OH is 2. The highest BCUT2D eigenvalue weighted by molar-refractivity contribution is 6.31. The summed E-state index contributed by atoms with van der Waals surface area (Å²) in [5.41, 5.74) is 3.30. The van der Waals surface area contributed by atoms with E-state index in [2.05, 4.69) is 26.5 Å². The molecule has 2 aromatic rings. The number of hydrogen-bond acceptors (Lipinski definition) is 19. The number of nitrogens with zero attached hydrogens (tertiary/aromatic N) is 1. The van der Waals surface area contributed by atoms with Crippen molar-refractivity contribution in [3.63, 3.8) is 0 Å². The van der Waals surface area contributed by atoms with Gasteiger partial charge >= 0.3 is 5.97 Å². The maximum atomic E-state index is 14.1. The van der Waals surface area contributed by atoms with Crippen LogP contribution in [0.5, 0.6) is 17.2 Å². The lowest BCUT2D eigenvalue weighted by Crippen LogP contribution is -2.55. The quantitative estimate of drug-likeness (QED) is 0.0236. The molecule has 2 aromatic carbocycles. The van der Waals surface area contributed by atoms with E-state index < -0.39 is 150 Å². The molecule has 0 spiro atoms. The molecule has 0 saturated carbocycles. The van der Waals surface area contributed by atoms with Gasteiger partial charge in [-0.2, -0.15) is 5.10 Å². The molecule has 0 aromatic heterocycles. The van der Waals surface area contributed by atoms with Crippen molar-refractivity contribution in [2.75, 3.05) is 47.2 Å². The molecule has 4 amide bonds. The number of ketones is 2. The van der Waals surface area contributed by atoms with Gasteiger partial charge in [-0.15, -0.1) is 0 Å². The molecule has 1 fully saturated rings. The predicted molar refractivity (Wildman–Crippen MR) is 229 cm³/mol. The zero-order valence-electron chi connectivity index (χ0n) is 37.2. The van der Waals surface area contributed by atoms with Gasteiger partial charge in [-0.05, 0) is 19.4 Å². The zero-order valence-corrected chi connectivity index (χ0v) is 37.2. The first-order valence-corrected chi connectivity index (χ1v) is 21.2. The van der Waals surface area contributed by atoms with Crippen LogP contribution in [0.15, 0.2) is 23.3 Å². The minimum atomic E-state index is -2.39. The molecule has 12 N–H and O–H groups in total. The lowest BCUT2D eigenvalue weighted by atomic mass is 9.71. The van der Waals surface area contributed by atoms with E-state index in [0.29, 0.717) is 13.0 Å². The molecule has 2 aliphatic carbocycles. The van der Waals surface area contributed by atoms with Crippen molar-refractivity contribution in [2.24, 2.45) is 10.8 Å². The highest BCUT2D eigenvalue weighted by Gasteiger charge is 2.50. The summed E-state index contributed by atoms with van der Waals surface area (Å²) in [4.78, 5) is 91.4. The number of carbonyl (C=O) groups is 7. The summed E-state index contributed by atoms with van der Waals surface area (Å²) in [5.74, 6) is -8.63. The number of methoxy groups -OCH3 is 2. The smallest absolute Gasteiger partial charge is 0.305 e. The molecule has 5 rings (SSSR count). The number of aromatic hydroxyl groups is 2. The normalized spacial score (nSPS) is 23.2. The van der Waals surface area contributed by atoms with E-state index in [-0.39, 0.29) is 54.2 Å². The van der Waals surface area contributed by atoms with Crippen LogP contribution in [-0.2, 0) is 49.3 Å². The summed E-state index contributed by atoms with van der Waals surface area (Å²) in [7, 11) is 2.77. The molecule has 1 aliphatic heterocycles. The van der Waals surface area contributed by atoms with Crippen molar-refractivity contribution >= 4 is 46.9 Å². The standard InChI is InChI=1S/C43H56N6O18/c1-19-36(55)23(44)13-31(66-19)67-27-17-43(62,16-22-33(27)40(59)35-34(38(22)57)37(56)21-7-5-8-26(64-4)32(21)39(35)58)28(18-50)48-49-29(52)14-24(41(60)45-9-6-10-65-12-11-63-3)47-42(61)25(15-30(53)54)46-20(2)51/h5,7-8,19,23-25,27,31,36,50,55,57,59,62H,6,9-18,44H2,1-4H3,(H,45,60)(H,46,51)(H,47,61)(H,49,52)(H,53,54)/b48-28-/t19?,23-,24?,25?,27+,31+,36-,43+/m1/s1. The Morgan fingerprint density at radius 1 is 0.970 bits per heavy atom. The fraction of sp³-hybridized carbons (Fsp3) is 0.535. The van der Waals surface area contributed by atoms with Crippen LogP contribution in [0.3, 0.4) is 0 Å². The average Bonchev–Trinajstić information content (AvgIpc) is 3.27. The topological polar surface area (TPSA) is 374 Å². The van der Waals surface area contributed by atoms with Crippen molar-refractivity contribution in [3.05, 3.63) is 51.6 Å². The summed E-state index contributed by atoms with van der Waals surface area (Å²) in [6.45, 7) is 2.33. The molecule has 1 saturated heterocycles. The molecule has 67 heavy (non-hydrogen) atoms. The minimum absolute atomic E-state index is 0.0119. The summed E-state index contributed by atoms with van der Waals surface area (Å²) in [5, 5.41) is 77.6. The van der Waals surface area contributed by atoms with E-state index in [0.717, 1.165) is 6.92 Å². The fourth-order valence-electron chi connectivity index (χ4n) is 8.12. The third kappa shape index (κ3) is 11.9. The number of rotatable bonds is 21. The van der Waals surface area contributed by atoms with E-state index in [1.807, 2.05) is 0 Å². The Bertz CT molecular complexity index is 2240. The van der Waals surface area contributed by atoms with Crippen molar-refractivity contribution in [3.8, 4) is 17.2 Å². The molecule has 366 valence electrons. The van der Waals surface area contributed by atoms with Crippen LogP contribution in [-0.4, -0.2) is 167 Å². The van der Waals surface area contributed by atoms with Crippen molar-refractivity contribution in [1.82, 2.24) is 21.4 Å². The summed E-state index contributed by atoms with van der Waals surface area (Å²) in [6.07, 6.45) is -7.57. The Kier molecular flexibility index (Phi) is 17.5. The number of fused-ring (bicyclic) bond motifs is 3. The second kappa shape index (κ2) is 22.6. The Hall–Kier alpha value is -6.12. The fourth-order valence-corrected chi connectivity index (χ4v) is 8.12. The van der Waals surface area contributed by atoms with Gasteiger partial charge < -0.3 is 76.0 Å². The first-order valence-electron chi connectivity index (χ1n) is 21.2. The van der Waals surface area contributed by atoms with Crippen LogP contribution in [0.2, 0.25) is 0 Å². The number of benzene rings is 2. The monoisotopic (exact) mass is 944 g/mol. The number of nitrogens with two attached hydrogens (primary N) is 1. The maximum Gasteiger partial charge on any atom is 0.305 e. The molecular formula is C43H56N6O18. The number of amides is 4. The number of carbonyl (C=O) groups excluding carboxylic acids is 6. The molecule has 0 radical (unpaired) electrons. The number of phenolic OH excluding ortho intramolecular Hbond substituents is 2. The Labute approximate surface area is 383 Å². The number of ether oxygens (including phenoxy) is 5. The van der Waals surface area contributed by atoms with Gasteiger partial charge in [-0.25, -0.2) is 5.43 Å². The second-order valence-corrected chi connectivity index (χ2v) is 16.2. The molecule has 3 aliphatic rings.